The topological polar surface area (TPSA) is 24.5 Å². The quantitative estimate of drug-likeness (QED) is 0.742. The number of anilines is 1. The Hall–Kier alpha value is -0.580. The third kappa shape index (κ3) is 4.79. The highest BCUT2D eigenvalue weighted by molar-refractivity contribution is 9.10. The van der Waals surface area contributed by atoms with E-state index in [1.54, 1.807) is 7.11 Å². The molecule has 0 atom stereocenters. The lowest BCUT2D eigenvalue weighted by Gasteiger charge is -2.23. The van der Waals surface area contributed by atoms with Crippen molar-refractivity contribution in [2.24, 2.45) is 0 Å². The number of benzene rings is 1. The van der Waals surface area contributed by atoms with Gasteiger partial charge in [0.15, 0.2) is 0 Å². The first kappa shape index (κ1) is 14.8. The number of nitrogens with one attached hydrogen (secondary N) is 1. The Morgan fingerprint density at radius 2 is 2.21 bits per heavy atom. The number of hydrogen-bond acceptors (Lipinski definition) is 3. The highest BCUT2D eigenvalue weighted by Crippen LogP contribution is 2.26. The van der Waals surface area contributed by atoms with Gasteiger partial charge in [-0.15, -0.1) is 0 Å². The molecule has 0 unspecified atom stereocenters. The van der Waals surface area contributed by atoms with Gasteiger partial charge in [-0.2, -0.15) is 0 Å². The van der Waals surface area contributed by atoms with Crippen LogP contribution in [0, 0.1) is 0 Å². The van der Waals surface area contributed by atoms with Crippen LogP contribution in [0.25, 0.3) is 0 Å². The van der Waals surface area contributed by atoms with E-state index in [1.807, 2.05) is 0 Å². The van der Waals surface area contributed by atoms with Crippen molar-refractivity contribution < 1.29 is 4.74 Å². The summed E-state index contributed by atoms with van der Waals surface area (Å²) in [5.41, 5.74) is 2.67. The number of methoxy groups -OCH3 is 1. The van der Waals surface area contributed by atoms with E-state index in [1.165, 1.54) is 24.1 Å². The largest absolute Gasteiger partial charge is 0.385 e. The van der Waals surface area contributed by atoms with Crippen molar-refractivity contribution in [1.82, 2.24) is 5.32 Å². The molecule has 106 valence electrons. The molecule has 0 saturated heterocycles. The fourth-order valence-electron chi connectivity index (χ4n) is 2.18. The summed E-state index contributed by atoms with van der Waals surface area (Å²) in [6.45, 7) is 2.79. The first-order valence-corrected chi connectivity index (χ1v) is 7.72. The van der Waals surface area contributed by atoms with Gasteiger partial charge in [0.25, 0.3) is 0 Å². The lowest BCUT2D eigenvalue weighted by molar-refractivity contribution is 0.196. The van der Waals surface area contributed by atoms with Crippen LogP contribution in [0.4, 0.5) is 5.69 Å². The maximum Gasteiger partial charge on any atom is 0.0479 e. The van der Waals surface area contributed by atoms with Crippen LogP contribution in [0.15, 0.2) is 22.7 Å². The predicted octanol–water partition coefficient (Wildman–Crippen LogP) is 3.17. The average molecular weight is 327 g/mol. The standard InChI is InChI=1S/C15H23BrN2O/c1-18(8-3-9-19-2)15-7-4-13(16)10-12(15)11-17-14-5-6-14/h4,7,10,14,17H,3,5-6,8-9,11H2,1-2H3. The summed E-state index contributed by atoms with van der Waals surface area (Å²) >= 11 is 3.57. The van der Waals surface area contributed by atoms with Crippen LogP contribution >= 0.6 is 15.9 Å². The molecule has 1 saturated carbocycles. The summed E-state index contributed by atoms with van der Waals surface area (Å²) in [6, 6.07) is 7.27. The molecule has 0 bridgehead atoms. The summed E-state index contributed by atoms with van der Waals surface area (Å²) in [5, 5.41) is 3.59. The normalized spacial score (nSPS) is 14.7. The zero-order chi connectivity index (χ0) is 13.7. The lowest BCUT2D eigenvalue weighted by atomic mass is 10.1. The highest BCUT2D eigenvalue weighted by Gasteiger charge is 2.20. The van der Waals surface area contributed by atoms with Gasteiger partial charge in [0, 0.05) is 50.1 Å². The van der Waals surface area contributed by atoms with Gasteiger partial charge in [0.2, 0.25) is 0 Å². The van der Waals surface area contributed by atoms with E-state index in [9.17, 15) is 0 Å². The Morgan fingerprint density at radius 1 is 1.42 bits per heavy atom. The minimum atomic E-state index is 0.741. The summed E-state index contributed by atoms with van der Waals surface area (Å²) in [6.07, 6.45) is 3.71. The molecule has 0 aliphatic heterocycles. The molecule has 19 heavy (non-hydrogen) atoms. The van der Waals surface area contributed by atoms with Crippen molar-refractivity contribution in [1.29, 1.82) is 0 Å². The summed E-state index contributed by atoms with van der Waals surface area (Å²) in [7, 11) is 3.91. The second kappa shape index (κ2) is 7.27. The third-order valence-electron chi connectivity index (χ3n) is 3.45. The van der Waals surface area contributed by atoms with Gasteiger partial charge < -0.3 is 15.0 Å². The summed E-state index contributed by atoms with van der Waals surface area (Å²) in [4.78, 5) is 2.31. The Morgan fingerprint density at radius 3 is 2.89 bits per heavy atom. The van der Waals surface area contributed by atoms with E-state index in [-0.39, 0.29) is 0 Å². The van der Waals surface area contributed by atoms with Crippen LogP contribution in [0.1, 0.15) is 24.8 Å². The van der Waals surface area contributed by atoms with Crippen LogP contribution in [0.2, 0.25) is 0 Å². The van der Waals surface area contributed by atoms with Gasteiger partial charge in [-0.25, -0.2) is 0 Å². The lowest BCUT2D eigenvalue weighted by Crippen LogP contribution is -2.23. The molecule has 0 aromatic heterocycles. The molecule has 2 rings (SSSR count). The molecule has 4 heteroatoms. The van der Waals surface area contributed by atoms with E-state index >= 15 is 0 Å². The van der Waals surface area contributed by atoms with Crippen molar-refractivity contribution in [3.8, 4) is 0 Å². The van der Waals surface area contributed by atoms with Crippen LogP contribution in [-0.2, 0) is 11.3 Å². The fourth-order valence-corrected chi connectivity index (χ4v) is 2.58. The smallest absolute Gasteiger partial charge is 0.0479 e. The SMILES string of the molecule is COCCCN(C)c1ccc(Br)cc1CNC1CC1. The first-order valence-electron chi connectivity index (χ1n) is 6.92. The molecular formula is C15H23BrN2O. The summed E-state index contributed by atoms with van der Waals surface area (Å²) < 4.78 is 6.27. The fraction of sp³-hybridized carbons (Fsp3) is 0.600. The van der Waals surface area contributed by atoms with E-state index < -0.39 is 0 Å². The number of nitrogens with zero attached hydrogens (tertiary/aromatic N) is 1. The molecule has 1 fully saturated rings. The Labute approximate surface area is 124 Å². The average Bonchev–Trinajstić information content (AvgIpc) is 3.20. The minimum Gasteiger partial charge on any atom is -0.385 e. The van der Waals surface area contributed by atoms with Gasteiger partial charge in [0.05, 0.1) is 0 Å². The molecule has 1 aliphatic rings. The van der Waals surface area contributed by atoms with Crippen LogP contribution in [0.5, 0.6) is 0 Å². The molecule has 0 radical (unpaired) electrons. The molecule has 1 aliphatic carbocycles. The van der Waals surface area contributed by atoms with Crippen molar-refractivity contribution in [2.45, 2.75) is 31.8 Å². The second-order valence-corrected chi connectivity index (χ2v) is 6.11. The zero-order valence-electron chi connectivity index (χ0n) is 11.8. The third-order valence-corrected chi connectivity index (χ3v) is 3.95. The van der Waals surface area contributed by atoms with E-state index in [0.29, 0.717) is 0 Å². The maximum atomic E-state index is 5.12. The second-order valence-electron chi connectivity index (χ2n) is 5.20. The minimum absolute atomic E-state index is 0.741. The molecule has 1 N–H and O–H groups in total. The zero-order valence-corrected chi connectivity index (χ0v) is 13.4. The first-order chi connectivity index (χ1) is 9.20. The van der Waals surface area contributed by atoms with Gasteiger partial charge >= 0.3 is 0 Å². The number of ether oxygens (including phenoxy) is 1. The van der Waals surface area contributed by atoms with Crippen molar-refractivity contribution >= 4 is 21.6 Å². The van der Waals surface area contributed by atoms with E-state index in [4.69, 9.17) is 4.74 Å². The number of halogens is 1. The van der Waals surface area contributed by atoms with Crippen molar-refractivity contribution in [3.05, 3.63) is 28.2 Å². The molecule has 0 heterocycles. The molecular weight excluding hydrogens is 304 g/mol. The van der Waals surface area contributed by atoms with Gasteiger partial charge in [-0.1, -0.05) is 15.9 Å². The van der Waals surface area contributed by atoms with Crippen molar-refractivity contribution in [2.75, 3.05) is 32.2 Å². The number of hydrogen-bond donors (Lipinski definition) is 1. The van der Waals surface area contributed by atoms with Gasteiger partial charge in [-0.05, 0) is 43.0 Å². The molecule has 1 aromatic carbocycles. The van der Waals surface area contributed by atoms with Gasteiger partial charge in [0.1, 0.15) is 0 Å². The van der Waals surface area contributed by atoms with Crippen LogP contribution < -0.4 is 10.2 Å². The van der Waals surface area contributed by atoms with E-state index in [2.05, 4.69) is 51.4 Å². The monoisotopic (exact) mass is 326 g/mol. The molecule has 1 aromatic rings. The Balaban J connectivity index is 1.99. The molecule has 0 amide bonds. The number of rotatable bonds is 8. The van der Waals surface area contributed by atoms with Crippen LogP contribution in [0.3, 0.4) is 0 Å². The molecule has 3 nitrogen and oxygen atoms in total. The van der Waals surface area contributed by atoms with E-state index in [0.717, 1.165) is 36.6 Å². The van der Waals surface area contributed by atoms with Crippen LogP contribution in [-0.4, -0.2) is 33.4 Å². The Bertz CT molecular complexity index is 407. The van der Waals surface area contributed by atoms with Gasteiger partial charge in [-0.3, -0.25) is 0 Å². The summed E-state index contributed by atoms with van der Waals surface area (Å²) in [5.74, 6) is 0. The highest BCUT2D eigenvalue weighted by atomic mass is 79.9. The predicted molar refractivity (Wildman–Crippen MR) is 83.8 cm³/mol. The maximum absolute atomic E-state index is 5.12. The Kier molecular flexibility index (Phi) is 5.67. The van der Waals surface area contributed by atoms with Crippen molar-refractivity contribution in [3.63, 3.8) is 0 Å². The molecule has 0 spiro atoms.